The fraction of sp³-hybridized carbons (Fsp3) is 1.00. The maximum absolute atomic E-state index is 8.65. The largest absolute Gasteiger partial charge is 0.395 e. The quantitative estimate of drug-likeness (QED) is 0.536. The maximum atomic E-state index is 8.65. The van der Waals surface area contributed by atoms with Gasteiger partial charge in [0.25, 0.3) is 0 Å². The van der Waals surface area contributed by atoms with Crippen LogP contribution < -0.4 is 5.32 Å². The van der Waals surface area contributed by atoms with Gasteiger partial charge in [0.2, 0.25) is 0 Å². The highest BCUT2D eigenvalue weighted by molar-refractivity contribution is 4.61. The van der Waals surface area contributed by atoms with E-state index < -0.39 is 0 Å². The van der Waals surface area contributed by atoms with Crippen molar-refractivity contribution in [3.63, 3.8) is 0 Å². The molecule has 0 radical (unpaired) electrons. The fourth-order valence-corrected chi connectivity index (χ4v) is 0.666. The Kier molecular flexibility index (Phi) is 5.93. The number of aliphatic hydroxyl groups is 1. The van der Waals surface area contributed by atoms with Crippen molar-refractivity contribution in [1.82, 2.24) is 5.32 Å². The number of rotatable bonds is 5. The number of hydrogen-bond donors (Lipinski definition) is 2. The molecule has 3 heteroatoms. The molecule has 1 unspecified atom stereocenters. The normalized spacial score (nSPS) is 13.7. The average Bonchev–Trinajstić information content (AvgIpc) is 1.88. The molecule has 0 aliphatic carbocycles. The molecule has 0 rings (SSSR count). The predicted molar refractivity (Wildman–Crippen MR) is 36.4 cm³/mol. The Balaban J connectivity index is 3.18. The first-order valence-corrected chi connectivity index (χ1v) is 3.18. The Bertz CT molecular complexity index is 53.0. The van der Waals surface area contributed by atoms with Crippen LogP contribution in [-0.4, -0.2) is 38.0 Å². The first kappa shape index (κ1) is 8.88. The Hall–Kier alpha value is -0.120. The van der Waals surface area contributed by atoms with Crippen LogP contribution in [0.5, 0.6) is 0 Å². The van der Waals surface area contributed by atoms with Crippen molar-refractivity contribution in [3.05, 3.63) is 0 Å². The van der Waals surface area contributed by atoms with E-state index in [9.17, 15) is 0 Å². The van der Waals surface area contributed by atoms with Crippen LogP contribution in [0.1, 0.15) is 6.92 Å². The van der Waals surface area contributed by atoms with Crippen LogP contribution in [0.3, 0.4) is 0 Å². The smallest absolute Gasteiger partial charge is 0.0638 e. The number of aliphatic hydroxyl groups excluding tert-OH is 1. The molecule has 0 saturated carbocycles. The van der Waals surface area contributed by atoms with E-state index in [1.807, 2.05) is 6.92 Å². The number of hydrogen-bond acceptors (Lipinski definition) is 3. The van der Waals surface area contributed by atoms with E-state index in [0.29, 0.717) is 6.61 Å². The van der Waals surface area contributed by atoms with Crippen LogP contribution in [-0.2, 0) is 4.74 Å². The van der Waals surface area contributed by atoms with E-state index in [1.54, 1.807) is 7.11 Å². The summed E-state index contributed by atoms with van der Waals surface area (Å²) in [5.74, 6) is 0. The molecule has 0 aromatic heterocycles. The van der Waals surface area contributed by atoms with E-state index in [2.05, 4.69) is 5.32 Å². The van der Waals surface area contributed by atoms with Crippen molar-refractivity contribution in [2.75, 3.05) is 26.9 Å². The zero-order valence-corrected chi connectivity index (χ0v) is 6.05. The zero-order chi connectivity index (χ0) is 7.11. The summed E-state index contributed by atoms with van der Waals surface area (Å²) < 4.78 is 4.82. The number of likely N-dealkylation sites (N-methyl/N-ethyl adjacent to an activating group) is 1. The Morgan fingerprint density at radius 1 is 1.67 bits per heavy atom. The van der Waals surface area contributed by atoms with Gasteiger partial charge in [-0.3, -0.25) is 0 Å². The van der Waals surface area contributed by atoms with Crippen molar-refractivity contribution in [2.24, 2.45) is 0 Å². The summed E-state index contributed by atoms with van der Waals surface area (Å²) in [5.41, 5.74) is 0. The van der Waals surface area contributed by atoms with Gasteiger partial charge in [0.05, 0.1) is 19.3 Å². The number of ether oxygens (including phenoxy) is 1. The molecule has 3 nitrogen and oxygen atoms in total. The van der Waals surface area contributed by atoms with Crippen molar-refractivity contribution < 1.29 is 9.84 Å². The number of methoxy groups -OCH3 is 1. The summed E-state index contributed by atoms with van der Waals surface area (Å²) >= 11 is 0. The first-order valence-electron chi connectivity index (χ1n) is 3.18. The van der Waals surface area contributed by atoms with Crippen LogP contribution in [0, 0.1) is 0 Å². The molecule has 56 valence electrons. The van der Waals surface area contributed by atoms with Gasteiger partial charge in [-0.1, -0.05) is 6.92 Å². The SMILES string of the molecule is CCNC(CO)COC. The second-order valence-corrected chi connectivity index (χ2v) is 1.89. The Morgan fingerprint density at radius 3 is 2.67 bits per heavy atom. The lowest BCUT2D eigenvalue weighted by Gasteiger charge is -2.12. The van der Waals surface area contributed by atoms with E-state index in [-0.39, 0.29) is 12.6 Å². The second-order valence-electron chi connectivity index (χ2n) is 1.89. The summed E-state index contributed by atoms with van der Waals surface area (Å²) in [6.45, 7) is 3.58. The topological polar surface area (TPSA) is 41.5 Å². The van der Waals surface area contributed by atoms with Gasteiger partial charge in [0.15, 0.2) is 0 Å². The third-order valence-electron chi connectivity index (χ3n) is 1.08. The molecule has 0 saturated heterocycles. The van der Waals surface area contributed by atoms with Gasteiger partial charge in [0.1, 0.15) is 0 Å². The van der Waals surface area contributed by atoms with Crippen molar-refractivity contribution in [1.29, 1.82) is 0 Å². The minimum Gasteiger partial charge on any atom is -0.395 e. The van der Waals surface area contributed by atoms with Crippen molar-refractivity contribution in [3.8, 4) is 0 Å². The molecule has 2 N–H and O–H groups in total. The van der Waals surface area contributed by atoms with Crippen LogP contribution in [0.25, 0.3) is 0 Å². The molecule has 0 amide bonds. The summed E-state index contributed by atoms with van der Waals surface area (Å²) in [6, 6.07) is 0.0972. The van der Waals surface area contributed by atoms with Crippen molar-refractivity contribution >= 4 is 0 Å². The Morgan fingerprint density at radius 2 is 2.33 bits per heavy atom. The lowest BCUT2D eigenvalue weighted by atomic mass is 10.3. The third-order valence-corrected chi connectivity index (χ3v) is 1.08. The molecule has 1 atom stereocenters. The molecule has 0 heterocycles. The second kappa shape index (κ2) is 6.01. The minimum absolute atomic E-state index is 0.0972. The van der Waals surface area contributed by atoms with E-state index >= 15 is 0 Å². The fourth-order valence-electron chi connectivity index (χ4n) is 0.666. The number of nitrogens with one attached hydrogen (secondary N) is 1. The molecule has 0 spiro atoms. The summed E-state index contributed by atoms with van der Waals surface area (Å²) in [5, 5.41) is 11.7. The van der Waals surface area contributed by atoms with Crippen LogP contribution in [0.4, 0.5) is 0 Å². The highest BCUT2D eigenvalue weighted by atomic mass is 16.5. The molecule has 9 heavy (non-hydrogen) atoms. The molecular formula is C6H15NO2. The third kappa shape index (κ3) is 4.39. The van der Waals surface area contributed by atoms with Gasteiger partial charge in [-0.2, -0.15) is 0 Å². The van der Waals surface area contributed by atoms with Gasteiger partial charge in [0, 0.05) is 7.11 Å². The zero-order valence-electron chi connectivity index (χ0n) is 6.05. The van der Waals surface area contributed by atoms with Gasteiger partial charge in [-0.05, 0) is 6.54 Å². The summed E-state index contributed by atoms with van der Waals surface area (Å²) in [4.78, 5) is 0. The maximum Gasteiger partial charge on any atom is 0.0638 e. The monoisotopic (exact) mass is 133 g/mol. The molecule has 0 aromatic rings. The van der Waals surface area contributed by atoms with E-state index in [0.717, 1.165) is 6.54 Å². The minimum atomic E-state index is 0.0972. The Labute approximate surface area is 56.0 Å². The molecule has 0 aromatic carbocycles. The van der Waals surface area contributed by atoms with Crippen LogP contribution >= 0.6 is 0 Å². The molecule has 0 fully saturated rings. The molecule has 0 bridgehead atoms. The predicted octanol–water partition coefficient (Wildman–Crippen LogP) is -0.397. The van der Waals surface area contributed by atoms with Crippen LogP contribution in [0.2, 0.25) is 0 Å². The van der Waals surface area contributed by atoms with Gasteiger partial charge in [-0.15, -0.1) is 0 Å². The standard InChI is InChI=1S/C6H15NO2/c1-3-7-6(4-8)5-9-2/h6-8H,3-5H2,1-2H3. The lowest BCUT2D eigenvalue weighted by molar-refractivity contribution is 0.130. The summed E-state index contributed by atoms with van der Waals surface area (Å²) in [6.07, 6.45) is 0. The first-order chi connectivity index (χ1) is 4.35. The van der Waals surface area contributed by atoms with E-state index in [1.165, 1.54) is 0 Å². The molecule has 0 aliphatic rings. The van der Waals surface area contributed by atoms with Crippen molar-refractivity contribution in [2.45, 2.75) is 13.0 Å². The van der Waals surface area contributed by atoms with Gasteiger partial charge in [-0.25, -0.2) is 0 Å². The average molecular weight is 133 g/mol. The van der Waals surface area contributed by atoms with E-state index in [4.69, 9.17) is 9.84 Å². The summed E-state index contributed by atoms with van der Waals surface area (Å²) in [7, 11) is 1.62. The lowest BCUT2D eigenvalue weighted by Crippen LogP contribution is -2.36. The highest BCUT2D eigenvalue weighted by Gasteiger charge is 2.01. The van der Waals surface area contributed by atoms with Gasteiger partial charge < -0.3 is 15.2 Å². The van der Waals surface area contributed by atoms with Crippen LogP contribution in [0.15, 0.2) is 0 Å². The van der Waals surface area contributed by atoms with Gasteiger partial charge >= 0.3 is 0 Å². The highest BCUT2D eigenvalue weighted by Crippen LogP contribution is 1.80. The molecular weight excluding hydrogens is 118 g/mol. The molecule has 0 aliphatic heterocycles.